The van der Waals surface area contributed by atoms with Crippen molar-refractivity contribution in [2.45, 2.75) is 36.5 Å². The van der Waals surface area contributed by atoms with Gasteiger partial charge in [0, 0.05) is 10.8 Å². The zero-order valence-electron chi connectivity index (χ0n) is 34.6. The van der Waals surface area contributed by atoms with Crippen LogP contribution in [0.3, 0.4) is 0 Å². The van der Waals surface area contributed by atoms with E-state index < -0.39 is 10.8 Å². The van der Waals surface area contributed by atoms with Crippen molar-refractivity contribution in [3.63, 3.8) is 0 Å². The zero-order chi connectivity index (χ0) is 40.8. The molecule has 0 heteroatoms. The van der Waals surface area contributed by atoms with E-state index in [-0.39, 0.29) is 0 Å². The van der Waals surface area contributed by atoms with Crippen LogP contribution in [0.15, 0.2) is 218 Å². The minimum atomic E-state index is -0.403. The summed E-state index contributed by atoms with van der Waals surface area (Å²) >= 11 is 0. The summed E-state index contributed by atoms with van der Waals surface area (Å²) in [6, 6.07) is 83.7. The quantitative estimate of drug-likeness (QED) is 0.144. The van der Waals surface area contributed by atoms with Crippen molar-refractivity contribution in [2.75, 3.05) is 0 Å². The maximum absolute atomic E-state index is 2.68. The number of rotatable bonds is 8. The van der Waals surface area contributed by atoms with E-state index >= 15 is 0 Å². The van der Waals surface area contributed by atoms with Gasteiger partial charge in [0.2, 0.25) is 0 Å². The largest absolute Gasteiger partial charge is 0.0622 e. The summed E-state index contributed by atoms with van der Waals surface area (Å²) in [6.45, 7) is 0. The molecule has 0 saturated heterocycles. The molecule has 0 radical (unpaired) electrons. The van der Waals surface area contributed by atoms with Crippen LogP contribution < -0.4 is 0 Å². The van der Waals surface area contributed by atoms with E-state index in [2.05, 4.69) is 218 Å². The molecule has 10 aromatic rings. The van der Waals surface area contributed by atoms with Gasteiger partial charge in [0.05, 0.1) is 0 Å². The molecule has 10 aromatic carbocycles. The lowest BCUT2D eigenvalue weighted by atomic mass is 9.51. The summed E-state index contributed by atoms with van der Waals surface area (Å²) < 4.78 is 0. The summed E-state index contributed by atoms with van der Waals surface area (Å²) in [7, 11) is 0. The molecular weight excluding hydrogens is 745 g/mol. The van der Waals surface area contributed by atoms with Crippen molar-refractivity contribution < 1.29 is 0 Å². The predicted molar refractivity (Wildman–Crippen MR) is 259 cm³/mol. The van der Waals surface area contributed by atoms with Gasteiger partial charge in [-0.15, -0.1) is 0 Å². The van der Waals surface area contributed by atoms with Crippen LogP contribution >= 0.6 is 0 Å². The molecule has 0 saturated carbocycles. The zero-order valence-corrected chi connectivity index (χ0v) is 34.6. The van der Waals surface area contributed by atoms with Gasteiger partial charge in [0.25, 0.3) is 0 Å². The van der Waals surface area contributed by atoms with Gasteiger partial charge in [0.1, 0.15) is 0 Å². The van der Waals surface area contributed by atoms with Crippen LogP contribution in [0.5, 0.6) is 0 Å². The molecule has 3 aliphatic carbocycles. The summed E-state index contributed by atoms with van der Waals surface area (Å²) in [4.78, 5) is 0. The molecule has 0 fully saturated rings. The van der Waals surface area contributed by atoms with E-state index in [9.17, 15) is 0 Å². The molecule has 0 amide bonds. The molecule has 0 unspecified atom stereocenters. The molecule has 0 bridgehead atoms. The number of fused-ring (bicyclic) bond motifs is 8. The first-order valence-electron chi connectivity index (χ1n) is 22.3. The van der Waals surface area contributed by atoms with E-state index in [0.717, 1.165) is 25.7 Å². The topological polar surface area (TPSA) is 0 Å². The van der Waals surface area contributed by atoms with Crippen molar-refractivity contribution in [3.05, 3.63) is 263 Å². The lowest BCUT2D eigenvalue weighted by Gasteiger charge is -2.51. The first kappa shape index (κ1) is 35.5. The molecule has 0 atom stereocenters. The SMILES string of the molecule is c1ccc(CC2(Cc3ccccc3)c3cc4c(cc3C(Cc3ccccc3)(Cc3ccccc3)c3cc5c(cc32)-c2cccc3cccc-5c23)-c2cccc3cccc-4c23)cc1. The molecule has 0 heterocycles. The minimum absolute atomic E-state index is 0.403. The Hall–Kier alpha value is -7.28. The first-order chi connectivity index (χ1) is 30.7. The molecule has 292 valence electrons. The van der Waals surface area contributed by atoms with E-state index in [1.165, 1.54) is 111 Å². The summed E-state index contributed by atoms with van der Waals surface area (Å²) in [5.74, 6) is 0. The Labute approximate surface area is 363 Å². The molecule has 13 rings (SSSR count). The van der Waals surface area contributed by atoms with Crippen molar-refractivity contribution >= 4 is 21.5 Å². The standard InChI is InChI=1S/C62H44/c1-5-17-41(18-6-1)37-61(38-42-19-7-2-8-20-42)55-33-51-47-29-13-25-45-27-15-31-49(59(45)47)53(51)35-57(55)62(39-43-21-9-3-10-22-43,40-44-23-11-4-12-24-44)58-36-54-50-32-16-28-46-26-14-30-48(60(46)50)52(54)34-56(58)61/h1-36H,37-40H2. The highest BCUT2D eigenvalue weighted by atomic mass is 14.5. The van der Waals surface area contributed by atoms with Gasteiger partial charge in [-0.25, -0.2) is 0 Å². The van der Waals surface area contributed by atoms with Gasteiger partial charge in [-0.2, -0.15) is 0 Å². The highest BCUT2D eigenvalue weighted by Crippen LogP contribution is 2.61. The Kier molecular flexibility index (Phi) is 7.79. The van der Waals surface area contributed by atoms with Crippen molar-refractivity contribution in [3.8, 4) is 44.5 Å². The third-order valence-electron chi connectivity index (χ3n) is 14.7. The Balaban J connectivity index is 1.22. The van der Waals surface area contributed by atoms with E-state index in [4.69, 9.17) is 0 Å². The average molecular weight is 789 g/mol. The maximum Gasteiger partial charge on any atom is 0.0289 e. The fourth-order valence-electron chi connectivity index (χ4n) is 12.2. The van der Waals surface area contributed by atoms with Crippen molar-refractivity contribution in [1.82, 2.24) is 0 Å². The van der Waals surface area contributed by atoms with Gasteiger partial charge in [0.15, 0.2) is 0 Å². The first-order valence-corrected chi connectivity index (χ1v) is 22.3. The number of hydrogen-bond acceptors (Lipinski definition) is 0. The molecular formula is C62H44. The molecule has 0 aromatic heterocycles. The molecule has 0 spiro atoms. The molecule has 0 N–H and O–H groups in total. The van der Waals surface area contributed by atoms with Crippen molar-refractivity contribution in [1.29, 1.82) is 0 Å². The molecule has 0 nitrogen and oxygen atoms in total. The normalized spacial score (nSPS) is 14.3. The Morgan fingerprint density at radius 1 is 0.226 bits per heavy atom. The van der Waals surface area contributed by atoms with Crippen LogP contribution in [0.2, 0.25) is 0 Å². The smallest absolute Gasteiger partial charge is 0.0289 e. The summed E-state index contributed by atoms with van der Waals surface area (Å²) in [5, 5.41) is 5.37. The number of hydrogen-bond donors (Lipinski definition) is 0. The Morgan fingerprint density at radius 2 is 0.468 bits per heavy atom. The van der Waals surface area contributed by atoms with E-state index in [0.29, 0.717) is 0 Å². The molecule has 62 heavy (non-hydrogen) atoms. The van der Waals surface area contributed by atoms with Gasteiger partial charge >= 0.3 is 0 Å². The van der Waals surface area contributed by atoms with Crippen LogP contribution in [-0.4, -0.2) is 0 Å². The van der Waals surface area contributed by atoms with E-state index in [1.807, 2.05) is 0 Å². The summed E-state index contributed by atoms with van der Waals surface area (Å²) in [6.07, 6.45) is 3.51. The van der Waals surface area contributed by atoms with Crippen LogP contribution in [0.1, 0.15) is 44.5 Å². The highest BCUT2D eigenvalue weighted by Gasteiger charge is 2.52. The fraction of sp³-hybridized carbons (Fsp3) is 0.0968. The predicted octanol–water partition coefficient (Wildman–Crippen LogP) is 15.1. The van der Waals surface area contributed by atoms with E-state index in [1.54, 1.807) is 0 Å². The lowest BCUT2D eigenvalue weighted by molar-refractivity contribution is 0.412. The second-order valence-electron chi connectivity index (χ2n) is 18.1. The fourth-order valence-corrected chi connectivity index (χ4v) is 12.2. The second kappa shape index (κ2) is 13.6. The molecule has 0 aliphatic heterocycles. The van der Waals surface area contributed by atoms with Gasteiger partial charge < -0.3 is 0 Å². The van der Waals surface area contributed by atoms with Gasteiger partial charge in [-0.1, -0.05) is 194 Å². The Bertz CT molecular complexity index is 2930. The van der Waals surface area contributed by atoms with Gasteiger partial charge in [-0.05, 0) is 161 Å². The summed E-state index contributed by atoms with van der Waals surface area (Å²) in [5.41, 5.74) is 21.3. The molecule has 3 aliphatic rings. The minimum Gasteiger partial charge on any atom is -0.0622 e. The van der Waals surface area contributed by atoms with Crippen LogP contribution in [-0.2, 0) is 36.5 Å². The van der Waals surface area contributed by atoms with Gasteiger partial charge in [-0.3, -0.25) is 0 Å². The maximum atomic E-state index is 2.68. The average Bonchev–Trinajstić information content (AvgIpc) is 3.82. The number of benzene rings is 10. The van der Waals surface area contributed by atoms with Crippen LogP contribution in [0.25, 0.3) is 66.1 Å². The third-order valence-corrected chi connectivity index (χ3v) is 14.7. The van der Waals surface area contributed by atoms with Crippen LogP contribution in [0.4, 0.5) is 0 Å². The lowest BCUT2D eigenvalue weighted by Crippen LogP contribution is -2.47. The van der Waals surface area contributed by atoms with Crippen LogP contribution in [0, 0.1) is 0 Å². The Morgan fingerprint density at radius 3 is 0.710 bits per heavy atom. The third kappa shape index (κ3) is 5.20. The van der Waals surface area contributed by atoms with Crippen molar-refractivity contribution in [2.24, 2.45) is 0 Å². The second-order valence-corrected chi connectivity index (χ2v) is 18.1. The monoisotopic (exact) mass is 788 g/mol. The highest BCUT2D eigenvalue weighted by molar-refractivity contribution is 6.17.